The van der Waals surface area contributed by atoms with Gasteiger partial charge in [0.05, 0.1) is 18.2 Å². The smallest absolute Gasteiger partial charge is 0.174 e. The second-order valence-electron chi connectivity index (χ2n) is 5.63. The highest BCUT2D eigenvalue weighted by Gasteiger charge is 2.07. The number of hydrogen-bond donors (Lipinski definition) is 1. The highest BCUT2D eigenvalue weighted by molar-refractivity contribution is 5.96. The van der Waals surface area contributed by atoms with Crippen LogP contribution in [-0.2, 0) is 0 Å². The van der Waals surface area contributed by atoms with Gasteiger partial charge in [-0.1, -0.05) is 17.7 Å². The summed E-state index contributed by atoms with van der Waals surface area (Å²) in [6, 6.07) is 9.74. The number of aromatic nitrogens is 4. The van der Waals surface area contributed by atoms with Crippen LogP contribution < -0.4 is 5.73 Å². The van der Waals surface area contributed by atoms with Crippen molar-refractivity contribution in [2.24, 2.45) is 10.2 Å². The second kappa shape index (κ2) is 6.12. The van der Waals surface area contributed by atoms with Gasteiger partial charge >= 0.3 is 0 Å². The summed E-state index contributed by atoms with van der Waals surface area (Å²) in [5, 5.41) is 10.4. The summed E-state index contributed by atoms with van der Waals surface area (Å²) in [4.78, 5) is 12.5. The number of nitrogen functional groups attached to an aromatic ring is 1. The van der Waals surface area contributed by atoms with Crippen molar-refractivity contribution >= 4 is 28.1 Å². The van der Waals surface area contributed by atoms with Crippen molar-refractivity contribution < 1.29 is 0 Å². The molecule has 7 nitrogen and oxygen atoms in total. The average Bonchev–Trinajstić information content (AvgIpc) is 3.16. The van der Waals surface area contributed by atoms with E-state index in [1.807, 2.05) is 42.0 Å². The lowest BCUT2D eigenvalue weighted by atomic mass is 10.1. The van der Waals surface area contributed by atoms with Gasteiger partial charge < -0.3 is 10.3 Å². The summed E-state index contributed by atoms with van der Waals surface area (Å²) in [6.07, 6.45) is 8.73. The molecule has 0 aliphatic carbocycles. The highest BCUT2D eigenvalue weighted by Crippen LogP contribution is 2.32. The molecule has 1 aromatic carbocycles. The lowest BCUT2D eigenvalue weighted by Gasteiger charge is -2.05. The summed E-state index contributed by atoms with van der Waals surface area (Å²) in [6.45, 7) is 2.02. The number of aryl methyl sites for hydroxylation is 1. The maximum atomic E-state index is 5.99. The van der Waals surface area contributed by atoms with E-state index in [1.165, 1.54) is 0 Å². The predicted molar refractivity (Wildman–Crippen MR) is 96.4 cm³/mol. The van der Waals surface area contributed by atoms with E-state index in [2.05, 4.69) is 25.2 Å². The molecule has 4 aromatic rings. The zero-order valence-electron chi connectivity index (χ0n) is 13.5. The van der Waals surface area contributed by atoms with Crippen LogP contribution in [0.3, 0.4) is 0 Å². The molecule has 0 bridgehead atoms. The fourth-order valence-electron chi connectivity index (χ4n) is 2.53. The van der Waals surface area contributed by atoms with Crippen LogP contribution in [0.25, 0.3) is 16.5 Å². The van der Waals surface area contributed by atoms with Gasteiger partial charge in [0, 0.05) is 29.4 Å². The maximum Gasteiger partial charge on any atom is 0.174 e. The van der Waals surface area contributed by atoms with Crippen molar-refractivity contribution in [1.29, 1.82) is 0 Å². The Hall–Kier alpha value is -3.61. The van der Waals surface area contributed by atoms with Crippen LogP contribution in [0.1, 0.15) is 5.56 Å². The molecule has 25 heavy (non-hydrogen) atoms. The minimum atomic E-state index is 0.344. The molecule has 3 heterocycles. The third kappa shape index (κ3) is 2.94. The van der Waals surface area contributed by atoms with E-state index in [-0.39, 0.29) is 0 Å². The third-order valence-corrected chi connectivity index (χ3v) is 3.84. The van der Waals surface area contributed by atoms with Crippen molar-refractivity contribution in [3.05, 3.63) is 67.0 Å². The van der Waals surface area contributed by atoms with Gasteiger partial charge in [0.25, 0.3) is 0 Å². The Balaban J connectivity index is 1.69. The first kappa shape index (κ1) is 14.9. The van der Waals surface area contributed by atoms with E-state index >= 15 is 0 Å². The van der Waals surface area contributed by atoms with Gasteiger partial charge in [-0.25, -0.2) is 15.0 Å². The normalized spacial score (nSPS) is 11.4. The number of benzene rings is 1. The molecule has 0 unspecified atom stereocenters. The van der Waals surface area contributed by atoms with Gasteiger partial charge in [-0.3, -0.25) is 0 Å². The molecule has 0 aliphatic rings. The van der Waals surface area contributed by atoms with Crippen LogP contribution in [0.5, 0.6) is 0 Å². The zero-order valence-corrected chi connectivity index (χ0v) is 13.5. The quantitative estimate of drug-likeness (QED) is 0.572. The number of imidazole rings is 1. The standard InChI is InChI=1S/C18H15N7/c1-12-2-3-13-9-22-18(19)17(15(13)8-12)24-23-16-5-4-14(10-21-16)25-7-6-20-11-25/h2-11H,1H3,(H2,19,22). The summed E-state index contributed by atoms with van der Waals surface area (Å²) >= 11 is 0. The lowest BCUT2D eigenvalue weighted by Crippen LogP contribution is -1.91. The minimum Gasteiger partial charge on any atom is -0.382 e. The van der Waals surface area contributed by atoms with Gasteiger partial charge in [0.2, 0.25) is 0 Å². The van der Waals surface area contributed by atoms with E-state index in [4.69, 9.17) is 5.73 Å². The predicted octanol–water partition coefficient (Wildman–Crippen LogP) is 4.12. The van der Waals surface area contributed by atoms with E-state index in [9.17, 15) is 0 Å². The Bertz CT molecular complexity index is 1050. The van der Waals surface area contributed by atoms with E-state index < -0.39 is 0 Å². The fourth-order valence-corrected chi connectivity index (χ4v) is 2.53. The molecule has 0 amide bonds. The van der Waals surface area contributed by atoms with Crippen molar-refractivity contribution in [2.75, 3.05) is 5.73 Å². The van der Waals surface area contributed by atoms with Crippen molar-refractivity contribution in [1.82, 2.24) is 19.5 Å². The average molecular weight is 329 g/mol. The number of fused-ring (bicyclic) bond motifs is 1. The summed E-state index contributed by atoms with van der Waals surface area (Å²) in [5.74, 6) is 0.838. The minimum absolute atomic E-state index is 0.344. The molecule has 122 valence electrons. The highest BCUT2D eigenvalue weighted by atomic mass is 15.2. The molecule has 0 atom stereocenters. The Kier molecular flexibility index (Phi) is 3.66. The van der Waals surface area contributed by atoms with Crippen LogP contribution in [0.4, 0.5) is 17.3 Å². The van der Waals surface area contributed by atoms with E-state index in [0.29, 0.717) is 17.3 Å². The van der Waals surface area contributed by atoms with Crippen molar-refractivity contribution in [2.45, 2.75) is 6.92 Å². The first-order chi connectivity index (χ1) is 12.2. The number of nitrogens with two attached hydrogens (primary N) is 1. The van der Waals surface area contributed by atoms with E-state index in [1.54, 1.807) is 31.0 Å². The number of azo groups is 1. The Morgan fingerprint density at radius 3 is 2.72 bits per heavy atom. The SMILES string of the molecule is Cc1ccc2cnc(N)c(N=Nc3ccc(-n4ccnc4)cn3)c2c1. The van der Waals surface area contributed by atoms with Crippen LogP contribution in [0, 0.1) is 6.92 Å². The Labute approximate surface area is 143 Å². The first-order valence-electron chi connectivity index (χ1n) is 7.72. The summed E-state index contributed by atoms with van der Waals surface area (Å²) < 4.78 is 1.86. The summed E-state index contributed by atoms with van der Waals surface area (Å²) in [7, 11) is 0. The summed E-state index contributed by atoms with van der Waals surface area (Å²) in [5.41, 5.74) is 8.57. The molecule has 0 saturated carbocycles. The topological polar surface area (TPSA) is 94.3 Å². The Morgan fingerprint density at radius 1 is 1.04 bits per heavy atom. The molecule has 0 spiro atoms. The monoisotopic (exact) mass is 329 g/mol. The fraction of sp³-hybridized carbons (Fsp3) is 0.0556. The van der Waals surface area contributed by atoms with Gasteiger partial charge in [-0.15, -0.1) is 10.2 Å². The van der Waals surface area contributed by atoms with Crippen molar-refractivity contribution in [3.63, 3.8) is 0 Å². The van der Waals surface area contributed by atoms with Gasteiger partial charge in [-0.2, -0.15) is 0 Å². The lowest BCUT2D eigenvalue weighted by molar-refractivity contribution is 1.03. The van der Waals surface area contributed by atoms with Gasteiger partial charge in [0.1, 0.15) is 5.69 Å². The number of hydrogen-bond acceptors (Lipinski definition) is 6. The molecular weight excluding hydrogens is 314 g/mol. The molecule has 0 radical (unpaired) electrons. The largest absolute Gasteiger partial charge is 0.382 e. The first-order valence-corrected chi connectivity index (χ1v) is 7.72. The third-order valence-electron chi connectivity index (χ3n) is 3.84. The molecule has 7 heteroatoms. The maximum absolute atomic E-state index is 5.99. The van der Waals surface area contributed by atoms with Gasteiger partial charge in [0.15, 0.2) is 11.6 Å². The number of nitrogens with zero attached hydrogens (tertiary/aromatic N) is 6. The molecule has 0 saturated heterocycles. The Morgan fingerprint density at radius 2 is 1.96 bits per heavy atom. The van der Waals surface area contributed by atoms with Crippen LogP contribution in [0.2, 0.25) is 0 Å². The van der Waals surface area contributed by atoms with Gasteiger partial charge in [-0.05, 0) is 25.1 Å². The van der Waals surface area contributed by atoms with E-state index in [0.717, 1.165) is 22.0 Å². The molecular formula is C18H15N7. The number of pyridine rings is 2. The second-order valence-corrected chi connectivity index (χ2v) is 5.63. The molecule has 2 N–H and O–H groups in total. The number of anilines is 1. The molecule has 4 rings (SSSR count). The van der Waals surface area contributed by atoms with Crippen LogP contribution >= 0.6 is 0 Å². The van der Waals surface area contributed by atoms with Crippen LogP contribution in [0.15, 0.2) is 71.7 Å². The zero-order chi connectivity index (χ0) is 17.2. The number of rotatable bonds is 3. The van der Waals surface area contributed by atoms with Crippen molar-refractivity contribution in [3.8, 4) is 5.69 Å². The molecule has 3 aromatic heterocycles. The molecule has 0 aliphatic heterocycles. The molecule has 0 fully saturated rings. The van der Waals surface area contributed by atoms with Crippen LogP contribution in [-0.4, -0.2) is 19.5 Å².